The summed E-state index contributed by atoms with van der Waals surface area (Å²) in [5, 5.41) is 2.65. The van der Waals surface area contributed by atoms with Gasteiger partial charge in [0.2, 0.25) is 17.7 Å². The largest absolute Gasteiger partial charge is 0.465 e. The van der Waals surface area contributed by atoms with E-state index in [1.807, 2.05) is 0 Å². The van der Waals surface area contributed by atoms with E-state index < -0.39 is 17.3 Å². The molecule has 7 nitrogen and oxygen atoms in total. The number of carbonyl (C=O) groups is 4. The fourth-order valence-corrected chi connectivity index (χ4v) is 3.79. The van der Waals surface area contributed by atoms with Crippen LogP contribution in [0.1, 0.15) is 48.9 Å². The highest BCUT2D eigenvalue weighted by molar-refractivity contribution is 6.09. The van der Waals surface area contributed by atoms with E-state index in [1.165, 1.54) is 19.2 Å². The number of imide groups is 1. The third-order valence-corrected chi connectivity index (χ3v) is 5.19. The molecule has 1 N–H and O–H groups in total. The second-order valence-corrected chi connectivity index (χ2v) is 6.92. The Morgan fingerprint density at radius 2 is 1.77 bits per heavy atom. The third-order valence-electron chi connectivity index (χ3n) is 5.19. The van der Waals surface area contributed by atoms with Gasteiger partial charge in [-0.3, -0.25) is 19.3 Å². The van der Waals surface area contributed by atoms with Gasteiger partial charge in [0.15, 0.2) is 0 Å². The summed E-state index contributed by atoms with van der Waals surface area (Å²) in [4.78, 5) is 49.7. The Bertz CT molecular complexity index is 735. The number of hydrogen-bond acceptors (Lipinski definition) is 5. The Kier molecular flexibility index (Phi) is 5.06. The molecule has 26 heavy (non-hydrogen) atoms. The second kappa shape index (κ2) is 7.27. The molecular formula is C19H22N2O5. The highest BCUT2D eigenvalue weighted by Crippen LogP contribution is 2.45. The van der Waals surface area contributed by atoms with Gasteiger partial charge in [-0.1, -0.05) is 19.3 Å². The predicted octanol–water partition coefficient (Wildman–Crippen LogP) is 2.12. The molecule has 1 heterocycles. The summed E-state index contributed by atoms with van der Waals surface area (Å²) in [6.45, 7) is -0.280. The van der Waals surface area contributed by atoms with Gasteiger partial charge >= 0.3 is 5.97 Å². The molecule has 0 atom stereocenters. The minimum absolute atomic E-state index is 0.210. The van der Waals surface area contributed by atoms with E-state index >= 15 is 0 Å². The zero-order valence-electron chi connectivity index (χ0n) is 14.7. The molecule has 0 unspecified atom stereocenters. The van der Waals surface area contributed by atoms with Crippen LogP contribution in [0.2, 0.25) is 0 Å². The van der Waals surface area contributed by atoms with Crippen molar-refractivity contribution in [3.63, 3.8) is 0 Å². The van der Waals surface area contributed by atoms with Crippen molar-refractivity contribution in [1.29, 1.82) is 0 Å². The number of nitrogens with one attached hydrogen (secondary N) is 1. The average molecular weight is 358 g/mol. The van der Waals surface area contributed by atoms with Crippen LogP contribution < -0.4 is 5.32 Å². The zero-order valence-corrected chi connectivity index (χ0v) is 14.7. The fourth-order valence-electron chi connectivity index (χ4n) is 3.79. The van der Waals surface area contributed by atoms with Gasteiger partial charge in [0.25, 0.3) is 0 Å². The molecule has 2 fully saturated rings. The van der Waals surface area contributed by atoms with E-state index in [-0.39, 0.29) is 24.8 Å². The summed E-state index contributed by atoms with van der Waals surface area (Å²) in [7, 11) is 1.29. The highest BCUT2D eigenvalue weighted by atomic mass is 16.5. The first kappa shape index (κ1) is 18.1. The first-order valence-corrected chi connectivity index (χ1v) is 8.78. The maximum atomic E-state index is 12.7. The van der Waals surface area contributed by atoms with Gasteiger partial charge in [0, 0.05) is 12.1 Å². The third kappa shape index (κ3) is 3.47. The molecule has 0 radical (unpaired) electrons. The van der Waals surface area contributed by atoms with E-state index in [1.54, 1.807) is 12.1 Å². The average Bonchev–Trinajstić information content (AvgIpc) is 2.86. The number of nitrogens with zero attached hydrogens (tertiary/aromatic N) is 1. The van der Waals surface area contributed by atoms with Crippen molar-refractivity contribution < 1.29 is 23.9 Å². The van der Waals surface area contributed by atoms with Gasteiger partial charge in [-0.05, 0) is 37.1 Å². The standard InChI is InChI=1S/C19H22N2O5/c1-26-17(24)13-5-7-14(8-6-13)20-15(22)12-21-16(23)11-19(18(21)25)9-3-2-4-10-19/h5-8H,2-4,9-12H2,1H3,(H,20,22). The normalized spacial score (nSPS) is 18.9. The Hall–Kier alpha value is -2.70. The molecule has 1 aliphatic carbocycles. The first-order chi connectivity index (χ1) is 12.4. The van der Waals surface area contributed by atoms with Gasteiger partial charge in [0.05, 0.1) is 18.1 Å². The molecule has 1 spiro atoms. The van der Waals surface area contributed by atoms with Crippen molar-refractivity contribution in [2.75, 3.05) is 19.0 Å². The number of ether oxygens (including phenoxy) is 1. The van der Waals surface area contributed by atoms with Gasteiger partial charge in [-0.25, -0.2) is 4.79 Å². The van der Waals surface area contributed by atoms with E-state index in [9.17, 15) is 19.2 Å². The van der Waals surface area contributed by atoms with Crippen molar-refractivity contribution in [2.45, 2.75) is 38.5 Å². The number of esters is 1. The summed E-state index contributed by atoms with van der Waals surface area (Å²) < 4.78 is 4.62. The van der Waals surface area contributed by atoms with E-state index in [4.69, 9.17) is 0 Å². The number of anilines is 1. The zero-order chi connectivity index (χ0) is 18.7. The molecule has 1 aromatic carbocycles. The number of hydrogen-bond donors (Lipinski definition) is 1. The smallest absolute Gasteiger partial charge is 0.337 e. The first-order valence-electron chi connectivity index (χ1n) is 8.78. The van der Waals surface area contributed by atoms with Crippen LogP contribution in [-0.2, 0) is 19.1 Å². The summed E-state index contributed by atoms with van der Waals surface area (Å²) >= 11 is 0. The molecule has 1 aromatic rings. The molecule has 2 aliphatic rings. The lowest BCUT2D eigenvalue weighted by molar-refractivity contribution is -0.144. The molecule has 1 saturated carbocycles. The number of amides is 3. The highest BCUT2D eigenvalue weighted by Gasteiger charge is 2.51. The SMILES string of the molecule is COC(=O)c1ccc(NC(=O)CN2C(=O)CC3(CCCCC3)C2=O)cc1. The maximum Gasteiger partial charge on any atom is 0.337 e. The van der Waals surface area contributed by atoms with Crippen molar-refractivity contribution in [1.82, 2.24) is 4.90 Å². The van der Waals surface area contributed by atoms with E-state index in [0.717, 1.165) is 37.0 Å². The Labute approximate surface area is 151 Å². The van der Waals surface area contributed by atoms with Crippen LogP contribution in [0.3, 0.4) is 0 Å². The number of likely N-dealkylation sites (tertiary alicyclic amines) is 1. The van der Waals surface area contributed by atoms with Crippen LogP contribution in [0.4, 0.5) is 5.69 Å². The van der Waals surface area contributed by atoms with Gasteiger partial charge in [-0.15, -0.1) is 0 Å². The summed E-state index contributed by atoms with van der Waals surface area (Å²) in [6.07, 6.45) is 4.66. The molecule has 7 heteroatoms. The van der Waals surface area contributed by atoms with Crippen LogP contribution in [0, 0.1) is 5.41 Å². The lowest BCUT2D eigenvalue weighted by Gasteiger charge is -2.30. The van der Waals surface area contributed by atoms with Crippen LogP contribution in [-0.4, -0.2) is 42.2 Å². The molecule has 3 rings (SSSR count). The van der Waals surface area contributed by atoms with Crippen LogP contribution in [0.25, 0.3) is 0 Å². The molecule has 0 bridgehead atoms. The fraction of sp³-hybridized carbons (Fsp3) is 0.474. The molecule has 1 aliphatic heterocycles. The predicted molar refractivity (Wildman–Crippen MR) is 93.3 cm³/mol. The summed E-state index contributed by atoms with van der Waals surface area (Å²) in [5.74, 6) is -1.38. The van der Waals surface area contributed by atoms with Crippen molar-refractivity contribution in [2.24, 2.45) is 5.41 Å². The minimum atomic E-state index is -0.586. The second-order valence-electron chi connectivity index (χ2n) is 6.92. The van der Waals surface area contributed by atoms with Gasteiger partial charge in [-0.2, -0.15) is 0 Å². The molecule has 3 amide bonds. The molecule has 0 aromatic heterocycles. The van der Waals surface area contributed by atoms with Crippen molar-refractivity contribution in [3.05, 3.63) is 29.8 Å². The summed E-state index contributed by atoms with van der Waals surface area (Å²) in [6, 6.07) is 6.20. The Morgan fingerprint density at radius 1 is 1.12 bits per heavy atom. The van der Waals surface area contributed by atoms with Crippen molar-refractivity contribution >= 4 is 29.4 Å². The van der Waals surface area contributed by atoms with Crippen LogP contribution >= 0.6 is 0 Å². The molecule has 1 saturated heterocycles. The number of benzene rings is 1. The van der Waals surface area contributed by atoms with Crippen LogP contribution in [0.5, 0.6) is 0 Å². The number of rotatable bonds is 4. The molecular weight excluding hydrogens is 336 g/mol. The Morgan fingerprint density at radius 3 is 2.38 bits per heavy atom. The van der Waals surface area contributed by atoms with E-state index in [0.29, 0.717) is 11.3 Å². The summed E-state index contributed by atoms with van der Waals surface area (Å²) in [5.41, 5.74) is 0.265. The molecule has 138 valence electrons. The van der Waals surface area contributed by atoms with E-state index in [2.05, 4.69) is 10.1 Å². The lowest BCUT2D eigenvalue weighted by Crippen LogP contribution is -2.41. The lowest BCUT2D eigenvalue weighted by atomic mass is 9.73. The quantitative estimate of drug-likeness (QED) is 0.657. The van der Waals surface area contributed by atoms with Gasteiger partial charge in [0.1, 0.15) is 6.54 Å². The Balaban J connectivity index is 1.62. The monoisotopic (exact) mass is 358 g/mol. The van der Waals surface area contributed by atoms with Crippen LogP contribution in [0.15, 0.2) is 24.3 Å². The van der Waals surface area contributed by atoms with Gasteiger partial charge < -0.3 is 10.1 Å². The van der Waals surface area contributed by atoms with Crippen molar-refractivity contribution in [3.8, 4) is 0 Å². The number of carbonyl (C=O) groups excluding carboxylic acids is 4. The topological polar surface area (TPSA) is 92.8 Å². The minimum Gasteiger partial charge on any atom is -0.465 e. The maximum absolute atomic E-state index is 12.7. The number of methoxy groups -OCH3 is 1.